The van der Waals surface area contributed by atoms with Gasteiger partial charge in [0.1, 0.15) is 12.2 Å². The number of rotatable bonds is 8. The topological polar surface area (TPSA) is 42.7 Å². The Bertz CT molecular complexity index is 430. The minimum atomic E-state index is 0.625. The van der Waals surface area contributed by atoms with E-state index in [4.69, 9.17) is 0 Å². The van der Waals surface area contributed by atoms with E-state index in [9.17, 15) is 0 Å². The van der Waals surface area contributed by atoms with E-state index in [1.54, 1.807) is 6.33 Å². The van der Waals surface area contributed by atoms with E-state index >= 15 is 0 Å². The Hall–Kier alpha value is -0.900. The maximum Gasteiger partial charge on any atom is 0.138 e. The average molecular weight is 290 g/mol. The van der Waals surface area contributed by atoms with Crippen LogP contribution in [0.25, 0.3) is 0 Å². The molecule has 1 N–H and O–H groups in total. The summed E-state index contributed by atoms with van der Waals surface area (Å²) in [6.45, 7) is 6.65. The molecule has 2 aliphatic rings. The van der Waals surface area contributed by atoms with Crippen molar-refractivity contribution in [2.24, 2.45) is 17.8 Å². The van der Waals surface area contributed by atoms with Crippen LogP contribution >= 0.6 is 0 Å². The standard InChI is InChI=1S/C17H30N4/c1-13(2)11-21-17(19-12-20-21)9-15(10-18-16-7-8-16)14-5-3-4-6-14/h12-16,18H,3-11H2,1-2H3. The van der Waals surface area contributed by atoms with Gasteiger partial charge in [-0.2, -0.15) is 5.10 Å². The molecule has 1 atom stereocenters. The summed E-state index contributed by atoms with van der Waals surface area (Å²) in [7, 11) is 0. The van der Waals surface area contributed by atoms with Crippen LogP contribution in [0, 0.1) is 17.8 Å². The third-order valence-corrected chi connectivity index (χ3v) is 4.99. The van der Waals surface area contributed by atoms with Gasteiger partial charge in [-0.25, -0.2) is 9.67 Å². The van der Waals surface area contributed by atoms with Crippen molar-refractivity contribution in [2.75, 3.05) is 6.54 Å². The van der Waals surface area contributed by atoms with Crippen molar-refractivity contribution < 1.29 is 0 Å². The molecule has 1 unspecified atom stereocenters. The Morgan fingerprint density at radius 1 is 1.24 bits per heavy atom. The van der Waals surface area contributed by atoms with Crippen LogP contribution in [-0.2, 0) is 13.0 Å². The molecule has 118 valence electrons. The summed E-state index contributed by atoms with van der Waals surface area (Å²) in [6.07, 6.45) is 11.2. The quantitative estimate of drug-likeness (QED) is 0.800. The Kier molecular flexibility index (Phi) is 4.94. The fraction of sp³-hybridized carbons (Fsp3) is 0.882. The number of nitrogens with zero attached hydrogens (tertiary/aromatic N) is 3. The Balaban J connectivity index is 1.63. The molecular formula is C17H30N4. The first-order valence-corrected chi connectivity index (χ1v) is 8.82. The lowest BCUT2D eigenvalue weighted by Crippen LogP contribution is -2.31. The Labute approximate surface area is 128 Å². The highest BCUT2D eigenvalue weighted by Crippen LogP contribution is 2.33. The Morgan fingerprint density at radius 3 is 2.67 bits per heavy atom. The van der Waals surface area contributed by atoms with Crippen molar-refractivity contribution >= 4 is 0 Å². The highest BCUT2D eigenvalue weighted by molar-refractivity contribution is 4.92. The summed E-state index contributed by atoms with van der Waals surface area (Å²) in [4.78, 5) is 4.55. The van der Waals surface area contributed by atoms with Gasteiger partial charge in [0, 0.05) is 19.0 Å². The van der Waals surface area contributed by atoms with E-state index < -0.39 is 0 Å². The van der Waals surface area contributed by atoms with Crippen molar-refractivity contribution in [1.82, 2.24) is 20.1 Å². The van der Waals surface area contributed by atoms with Crippen LogP contribution in [0.15, 0.2) is 6.33 Å². The molecule has 4 nitrogen and oxygen atoms in total. The minimum absolute atomic E-state index is 0.625. The van der Waals surface area contributed by atoms with Gasteiger partial charge in [0.05, 0.1) is 0 Å². The molecule has 1 heterocycles. The van der Waals surface area contributed by atoms with Gasteiger partial charge in [-0.15, -0.1) is 0 Å². The number of aromatic nitrogens is 3. The van der Waals surface area contributed by atoms with Crippen molar-refractivity contribution in [3.05, 3.63) is 12.2 Å². The molecule has 0 radical (unpaired) electrons. The molecule has 0 amide bonds. The third-order valence-electron chi connectivity index (χ3n) is 4.99. The third kappa shape index (κ3) is 4.29. The summed E-state index contributed by atoms with van der Waals surface area (Å²) in [5.41, 5.74) is 0. The predicted molar refractivity (Wildman–Crippen MR) is 85.0 cm³/mol. The van der Waals surface area contributed by atoms with E-state index in [0.717, 1.165) is 30.8 Å². The van der Waals surface area contributed by atoms with Gasteiger partial charge in [-0.05, 0) is 37.1 Å². The van der Waals surface area contributed by atoms with Crippen LogP contribution in [-0.4, -0.2) is 27.4 Å². The van der Waals surface area contributed by atoms with Crippen LogP contribution in [0.2, 0.25) is 0 Å². The van der Waals surface area contributed by atoms with Crippen molar-refractivity contribution in [3.63, 3.8) is 0 Å². The second kappa shape index (κ2) is 6.91. The van der Waals surface area contributed by atoms with Gasteiger partial charge in [-0.1, -0.05) is 39.5 Å². The number of nitrogens with one attached hydrogen (secondary N) is 1. The molecule has 0 aromatic carbocycles. The normalized spacial score (nSPS) is 21.3. The zero-order valence-corrected chi connectivity index (χ0v) is 13.6. The second-order valence-electron chi connectivity index (χ2n) is 7.44. The molecule has 1 aromatic rings. The predicted octanol–water partition coefficient (Wildman–Crippen LogP) is 3.04. The summed E-state index contributed by atoms with van der Waals surface area (Å²) in [5.74, 6) is 3.45. The molecule has 3 rings (SSSR count). The van der Waals surface area contributed by atoms with Gasteiger partial charge in [0.2, 0.25) is 0 Å². The molecule has 2 fully saturated rings. The lowest BCUT2D eigenvalue weighted by atomic mass is 9.87. The zero-order chi connectivity index (χ0) is 14.7. The SMILES string of the molecule is CC(C)Cn1ncnc1CC(CNC1CC1)C1CCCC1. The van der Waals surface area contributed by atoms with Crippen molar-refractivity contribution in [1.29, 1.82) is 0 Å². The lowest BCUT2D eigenvalue weighted by Gasteiger charge is -2.24. The fourth-order valence-electron chi connectivity index (χ4n) is 3.62. The van der Waals surface area contributed by atoms with Crippen LogP contribution < -0.4 is 5.32 Å². The summed E-state index contributed by atoms with van der Waals surface area (Å²) in [6, 6.07) is 0.808. The summed E-state index contributed by atoms with van der Waals surface area (Å²) < 4.78 is 2.13. The van der Waals surface area contributed by atoms with Crippen molar-refractivity contribution in [2.45, 2.75) is 71.4 Å². The summed E-state index contributed by atoms with van der Waals surface area (Å²) >= 11 is 0. The molecule has 21 heavy (non-hydrogen) atoms. The van der Waals surface area contributed by atoms with E-state index in [1.807, 2.05) is 0 Å². The zero-order valence-electron chi connectivity index (χ0n) is 13.6. The van der Waals surface area contributed by atoms with E-state index in [1.165, 1.54) is 50.9 Å². The molecule has 1 aromatic heterocycles. The molecule has 0 bridgehead atoms. The largest absolute Gasteiger partial charge is 0.314 e. The molecule has 2 saturated carbocycles. The minimum Gasteiger partial charge on any atom is -0.314 e. The van der Waals surface area contributed by atoms with E-state index in [0.29, 0.717) is 5.92 Å². The molecule has 4 heteroatoms. The van der Waals surface area contributed by atoms with Gasteiger partial charge < -0.3 is 5.32 Å². The first kappa shape index (κ1) is 15.0. The van der Waals surface area contributed by atoms with E-state index in [-0.39, 0.29) is 0 Å². The first-order chi connectivity index (χ1) is 10.2. The Morgan fingerprint density at radius 2 is 2.00 bits per heavy atom. The van der Waals surface area contributed by atoms with Crippen LogP contribution in [0.3, 0.4) is 0 Å². The molecule has 0 aliphatic heterocycles. The molecule has 0 spiro atoms. The van der Waals surface area contributed by atoms with E-state index in [2.05, 4.69) is 33.9 Å². The van der Waals surface area contributed by atoms with Crippen LogP contribution in [0.1, 0.15) is 58.2 Å². The molecule has 2 aliphatic carbocycles. The van der Waals surface area contributed by atoms with Crippen molar-refractivity contribution in [3.8, 4) is 0 Å². The van der Waals surface area contributed by atoms with Crippen LogP contribution in [0.5, 0.6) is 0 Å². The highest BCUT2D eigenvalue weighted by atomic mass is 15.3. The van der Waals surface area contributed by atoms with Crippen LogP contribution in [0.4, 0.5) is 0 Å². The second-order valence-corrected chi connectivity index (χ2v) is 7.44. The number of hydrogen-bond donors (Lipinski definition) is 1. The maximum atomic E-state index is 4.55. The lowest BCUT2D eigenvalue weighted by molar-refractivity contribution is 0.308. The maximum absolute atomic E-state index is 4.55. The highest BCUT2D eigenvalue weighted by Gasteiger charge is 2.29. The summed E-state index contributed by atoms with van der Waals surface area (Å²) in [5, 5.41) is 8.18. The fourth-order valence-corrected chi connectivity index (χ4v) is 3.62. The van der Waals surface area contributed by atoms with Gasteiger partial charge in [0.25, 0.3) is 0 Å². The molecular weight excluding hydrogens is 260 g/mol. The average Bonchev–Trinajstić information content (AvgIpc) is 2.94. The van der Waals surface area contributed by atoms with Gasteiger partial charge in [0.15, 0.2) is 0 Å². The molecule has 0 saturated heterocycles. The number of hydrogen-bond acceptors (Lipinski definition) is 3. The van der Waals surface area contributed by atoms with Gasteiger partial charge >= 0.3 is 0 Å². The monoisotopic (exact) mass is 290 g/mol. The smallest absolute Gasteiger partial charge is 0.138 e. The van der Waals surface area contributed by atoms with Gasteiger partial charge in [-0.3, -0.25) is 0 Å². The first-order valence-electron chi connectivity index (χ1n) is 8.82.